The number of pyridine rings is 1. The maximum absolute atomic E-state index is 13.7. The summed E-state index contributed by atoms with van der Waals surface area (Å²) in [5.74, 6) is -0.512. The minimum Gasteiger partial charge on any atom is -0.368 e. The number of piperazine rings is 1. The van der Waals surface area contributed by atoms with Crippen LogP contribution < -0.4 is 10.2 Å². The molecule has 6 rings (SSSR count). The van der Waals surface area contributed by atoms with Crippen molar-refractivity contribution >= 4 is 17.3 Å². The number of nitrogens with zero attached hydrogens (tertiary/aromatic N) is 7. The topological polar surface area (TPSA) is 82.4 Å². The van der Waals surface area contributed by atoms with Gasteiger partial charge in [-0.1, -0.05) is 11.3 Å². The molecule has 9 nitrogen and oxygen atoms in total. The minimum atomic E-state index is -4.53. The number of carbonyl (C=O) groups is 1. The Morgan fingerprint density at radius 3 is 2.48 bits per heavy atom. The largest absolute Gasteiger partial charge is 0.416 e. The van der Waals surface area contributed by atoms with Gasteiger partial charge in [-0.3, -0.25) is 14.7 Å². The van der Waals surface area contributed by atoms with Gasteiger partial charge in [0.15, 0.2) is 0 Å². The zero-order valence-corrected chi connectivity index (χ0v) is 24.8. The standard InChI is InChI=1S/C32H35F3N8O/c1-22-5-6-24(31(44)37-27-14-23(20-41-7-3-4-8-41)13-26(17-27)32(33,34)35)16-30(22)43-21-29(38-39-43)25-15-28(19-36-18-25)42-11-9-40(2)10-12-42/h5-6,13-19,21H,3-4,7-12,20H2,1-2H3,(H,37,44). The first-order chi connectivity index (χ1) is 21.1. The molecule has 44 heavy (non-hydrogen) atoms. The highest BCUT2D eigenvalue weighted by Crippen LogP contribution is 2.33. The van der Waals surface area contributed by atoms with Crippen molar-refractivity contribution < 1.29 is 18.0 Å². The molecule has 1 amide bonds. The molecule has 0 unspecified atom stereocenters. The summed E-state index contributed by atoms with van der Waals surface area (Å²) in [5.41, 5.74) is 4.12. The van der Waals surface area contributed by atoms with E-state index in [0.717, 1.165) is 81.1 Å². The van der Waals surface area contributed by atoms with E-state index in [4.69, 9.17) is 0 Å². The van der Waals surface area contributed by atoms with Gasteiger partial charge in [0.1, 0.15) is 5.69 Å². The lowest BCUT2D eigenvalue weighted by atomic mass is 10.1. The molecule has 0 aliphatic carbocycles. The number of alkyl halides is 3. The molecule has 4 aromatic rings. The van der Waals surface area contributed by atoms with Crippen molar-refractivity contribution in [2.24, 2.45) is 0 Å². The van der Waals surface area contributed by atoms with Crippen LogP contribution in [0.25, 0.3) is 16.9 Å². The number of aryl methyl sites for hydroxylation is 1. The molecule has 2 aliphatic rings. The minimum absolute atomic E-state index is 0.108. The second-order valence-corrected chi connectivity index (χ2v) is 11.6. The lowest BCUT2D eigenvalue weighted by Crippen LogP contribution is -2.44. The van der Waals surface area contributed by atoms with Gasteiger partial charge in [0.25, 0.3) is 5.91 Å². The van der Waals surface area contributed by atoms with E-state index >= 15 is 0 Å². The van der Waals surface area contributed by atoms with Crippen LogP contribution in [0, 0.1) is 6.92 Å². The van der Waals surface area contributed by atoms with Crippen LogP contribution >= 0.6 is 0 Å². The number of hydrogen-bond acceptors (Lipinski definition) is 7. The van der Waals surface area contributed by atoms with E-state index in [-0.39, 0.29) is 5.69 Å². The highest BCUT2D eigenvalue weighted by molar-refractivity contribution is 6.04. The molecule has 0 radical (unpaired) electrons. The van der Waals surface area contributed by atoms with Crippen molar-refractivity contribution in [3.63, 3.8) is 0 Å². The predicted octanol–water partition coefficient (Wildman–Crippen LogP) is 5.26. The van der Waals surface area contributed by atoms with Crippen LogP contribution in [0.3, 0.4) is 0 Å². The fraction of sp³-hybridized carbons (Fsp3) is 0.375. The van der Waals surface area contributed by atoms with Gasteiger partial charge in [0.05, 0.1) is 29.3 Å². The second kappa shape index (κ2) is 12.4. The monoisotopic (exact) mass is 604 g/mol. The fourth-order valence-electron chi connectivity index (χ4n) is 5.74. The summed E-state index contributed by atoms with van der Waals surface area (Å²) in [4.78, 5) is 24.4. The normalized spacial score (nSPS) is 16.4. The van der Waals surface area contributed by atoms with E-state index in [1.54, 1.807) is 41.3 Å². The Bertz CT molecular complexity index is 1640. The number of likely N-dealkylation sites (N-methyl/N-ethyl adjacent to an activating group) is 1. The fourth-order valence-corrected chi connectivity index (χ4v) is 5.74. The van der Waals surface area contributed by atoms with Crippen molar-refractivity contribution in [1.82, 2.24) is 29.8 Å². The van der Waals surface area contributed by atoms with E-state index in [2.05, 4.69) is 48.4 Å². The summed E-state index contributed by atoms with van der Waals surface area (Å²) < 4.78 is 42.7. The van der Waals surface area contributed by atoms with Crippen molar-refractivity contribution in [2.75, 3.05) is 56.5 Å². The van der Waals surface area contributed by atoms with Crippen LogP contribution in [0.2, 0.25) is 0 Å². The average Bonchev–Trinajstić information content (AvgIpc) is 3.70. The van der Waals surface area contributed by atoms with Gasteiger partial charge in [-0.05, 0) is 87.4 Å². The molecule has 2 fully saturated rings. The molecule has 2 aromatic heterocycles. The molecule has 0 bridgehead atoms. The zero-order valence-electron chi connectivity index (χ0n) is 24.8. The SMILES string of the molecule is Cc1ccc(C(=O)Nc2cc(CN3CCCC3)cc(C(F)(F)F)c2)cc1-n1cc(-c2cncc(N3CCN(C)CC3)c2)nn1. The van der Waals surface area contributed by atoms with Gasteiger partial charge in [-0.15, -0.1) is 5.10 Å². The van der Waals surface area contributed by atoms with Crippen LogP contribution in [0.5, 0.6) is 0 Å². The molecule has 4 heterocycles. The Morgan fingerprint density at radius 1 is 0.955 bits per heavy atom. The number of rotatable bonds is 7. The van der Waals surface area contributed by atoms with Crippen LogP contribution in [0.15, 0.2) is 61.1 Å². The third-order valence-corrected chi connectivity index (χ3v) is 8.28. The Hall–Kier alpha value is -4.29. The Balaban J connectivity index is 1.22. The Morgan fingerprint density at radius 2 is 1.73 bits per heavy atom. The van der Waals surface area contributed by atoms with Gasteiger partial charge in [0.2, 0.25) is 0 Å². The number of amides is 1. The number of likely N-dealkylation sites (tertiary alicyclic amines) is 1. The van der Waals surface area contributed by atoms with Gasteiger partial charge >= 0.3 is 6.18 Å². The molecule has 0 spiro atoms. The molecule has 230 valence electrons. The van der Waals surface area contributed by atoms with Gasteiger partial charge in [0, 0.05) is 55.7 Å². The number of nitrogens with one attached hydrogen (secondary N) is 1. The average molecular weight is 605 g/mol. The number of benzene rings is 2. The predicted molar refractivity (Wildman–Crippen MR) is 163 cm³/mol. The zero-order chi connectivity index (χ0) is 30.8. The van der Waals surface area contributed by atoms with E-state index in [1.165, 1.54) is 0 Å². The molecule has 0 saturated carbocycles. The second-order valence-electron chi connectivity index (χ2n) is 11.6. The number of halogens is 3. The lowest BCUT2D eigenvalue weighted by Gasteiger charge is -2.33. The summed E-state index contributed by atoms with van der Waals surface area (Å²) in [5, 5.41) is 11.4. The molecular weight excluding hydrogens is 569 g/mol. The van der Waals surface area contributed by atoms with Gasteiger partial charge in [-0.2, -0.15) is 13.2 Å². The number of anilines is 2. The highest BCUT2D eigenvalue weighted by Gasteiger charge is 2.31. The molecule has 2 aromatic carbocycles. The summed E-state index contributed by atoms with van der Waals surface area (Å²) in [6, 6.07) is 10.9. The highest BCUT2D eigenvalue weighted by atomic mass is 19.4. The van der Waals surface area contributed by atoms with E-state index < -0.39 is 17.6 Å². The Labute approximate surface area is 254 Å². The number of hydrogen-bond donors (Lipinski definition) is 1. The van der Waals surface area contributed by atoms with E-state index in [9.17, 15) is 18.0 Å². The summed E-state index contributed by atoms with van der Waals surface area (Å²) in [7, 11) is 2.11. The van der Waals surface area contributed by atoms with Crippen molar-refractivity contribution in [1.29, 1.82) is 0 Å². The van der Waals surface area contributed by atoms with Crippen molar-refractivity contribution in [2.45, 2.75) is 32.5 Å². The smallest absolute Gasteiger partial charge is 0.368 e. The van der Waals surface area contributed by atoms with Gasteiger partial charge < -0.3 is 15.1 Å². The van der Waals surface area contributed by atoms with Crippen LogP contribution in [-0.4, -0.2) is 82.0 Å². The maximum atomic E-state index is 13.7. The molecular formula is C32H35F3N8O. The summed E-state index contributed by atoms with van der Waals surface area (Å²) in [6.45, 7) is 7.81. The van der Waals surface area contributed by atoms with Crippen molar-refractivity contribution in [3.8, 4) is 16.9 Å². The third kappa shape index (κ3) is 6.76. The van der Waals surface area contributed by atoms with E-state index in [1.807, 2.05) is 13.1 Å². The molecule has 12 heteroatoms. The first-order valence-corrected chi connectivity index (χ1v) is 14.8. The van der Waals surface area contributed by atoms with Gasteiger partial charge in [-0.25, -0.2) is 4.68 Å². The number of aromatic nitrogens is 4. The molecule has 2 aliphatic heterocycles. The lowest BCUT2D eigenvalue weighted by molar-refractivity contribution is -0.137. The maximum Gasteiger partial charge on any atom is 0.416 e. The Kier molecular flexibility index (Phi) is 8.37. The number of carbonyl (C=O) groups excluding carboxylic acids is 1. The first kappa shape index (κ1) is 29.8. The van der Waals surface area contributed by atoms with Crippen LogP contribution in [0.4, 0.5) is 24.5 Å². The van der Waals surface area contributed by atoms with Crippen LogP contribution in [0.1, 0.15) is 39.9 Å². The van der Waals surface area contributed by atoms with E-state index in [0.29, 0.717) is 29.1 Å². The molecule has 0 atom stereocenters. The van der Waals surface area contributed by atoms with Crippen LogP contribution in [-0.2, 0) is 12.7 Å². The first-order valence-electron chi connectivity index (χ1n) is 14.8. The molecule has 1 N–H and O–H groups in total. The summed E-state index contributed by atoms with van der Waals surface area (Å²) >= 11 is 0. The quantitative estimate of drug-likeness (QED) is 0.308. The third-order valence-electron chi connectivity index (χ3n) is 8.28. The molecule has 2 saturated heterocycles. The summed E-state index contributed by atoms with van der Waals surface area (Å²) in [6.07, 6.45) is 2.92. The van der Waals surface area contributed by atoms with Crippen molar-refractivity contribution in [3.05, 3.63) is 83.3 Å².